The molecule has 0 aliphatic carbocycles. The zero-order valence-electron chi connectivity index (χ0n) is 15.4. The fourth-order valence-electron chi connectivity index (χ4n) is 3.43. The number of ether oxygens (including phenoxy) is 2. The number of fused-ring (bicyclic) bond motifs is 2. The Bertz CT molecular complexity index is 1120. The monoisotopic (exact) mass is 361 g/mol. The molecule has 3 aromatic rings. The lowest BCUT2D eigenvalue weighted by atomic mass is 10.1. The van der Waals surface area contributed by atoms with Crippen molar-refractivity contribution in [1.29, 1.82) is 0 Å². The number of esters is 1. The number of benzene rings is 2. The molecule has 1 aliphatic heterocycles. The van der Waals surface area contributed by atoms with Gasteiger partial charge in [0.2, 0.25) is 5.78 Å². The maximum atomic E-state index is 12.8. The Labute approximate surface area is 156 Å². The molecule has 2 aromatic carbocycles. The molecule has 1 aromatic heterocycles. The Morgan fingerprint density at radius 1 is 1.22 bits per heavy atom. The molecule has 5 nitrogen and oxygen atoms in total. The lowest BCUT2D eigenvalue weighted by molar-refractivity contribution is -0.131. The molecule has 2 heterocycles. The summed E-state index contributed by atoms with van der Waals surface area (Å²) in [5.41, 5.74) is 3.16. The molecule has 0 saturated carbocycles. The van der Waals surface area contributed by atoms with Gasteiger partial charge < -0.3 is 14.0 Å². The standard InChI is InChI=1S/C22H19NO4/c1-4-23-12-15(16-7-5-6-8-18(16)23)11-20-21(25)17-9-10-19(26-14(3)24)13(2)22(17)27-20/h5-12H,4H2,1-3H3/b20-11+. The van der Waals surface area contributed by atoms with Crippen LogP contribution in [-0.2, 0) is 11.3 Å². The van der Waals surface area contributed by atoms with Crippen LogP contribution in [-0.4, -0.2) is 16.3 Å². The van der Waals surface area contributed by atoms with Crippen molar-refractivity contribution in [3.63, 3.8) is 0 Å². The summed E-state index contributed by atoms with van der Waals surface area (Å²) in [4.78, 5) is 24.0. The Morgan fingerprint density at radius 3 is 2.74 bits per heavy atom. The Morgan fingerprint density at radius 2 is 2.00 bits per heavy atom. The number of ketones is 1. The van der Waals surface area contributed by atoms with Crippen molar-refractivity contribution in [2.24, 2.45) is 0 Å². The lowest BCUT2D eigenvalue weighted by Crippen LogP contribution is -2.03. The molecule has 136 valence electrons. The van der Waals surface area contributed by atoms with E-state index in [1.165, 1.54) is 6.92 Å². The van der Waals surface area contributed by atoms with Gasteiger partial charge in [-0.15, -0.1) is 0 Å². The highest BCUT2D eigenvalue weighted by molar-refractivity contribution is 6.15. The first-order valence-electron chi connectivity index (χ1n) is 8.83. The highest BCUT2D eigenvalue weighted by Gasteiger charge is 2.30. The number of para-hydroxylation sites is 1. The van der Waals surface area contributed by atoms with E-state index < -0.39 is 5.97 Å². The van der Waals surface area contributed by atoms with Gasteiger partial charge in [-0.3, -0.25) is 9.59 Å². The average Bonchev–Trinajstić information content (AvgIpc) is 3.16. The fraction of sp³-hybridized carbons (Fsp3) is 0.182. The first-order chi connectivity index (χ1) is 13.0. The molecular formula is C22H19NO4. The van der Waals surface area contributed by atoms with Gasteiger partial charge in [0.15, 0.2) is 5.76 Å². The van der Waals surface area contributed by atoms with E-state index in [2.05, 4.69) is 17.6 Å². The molecule has 0 bridgehead atoms. The summed E-state index contributed by atoms with van der Waals surface area (Å²) >= 11 is 0. The molecule has 0 spiro atoms. The molecule has 0 N–H and O–H groups in total. The number of rotatable bonds is 3. The van der Waals surface area contributed by atoms with Gasteiger partial charge in [0, 0.05) is 41.7 Å². The smallest absolute Gasteiger partial charge is 0.308 e. The molecule has 0 fully saturated rings. The van der Waals surface area contributed by atoms with Crippen LogP contribution in [0.5, 0.6) is 11.5 Å². The first-order valence-corrected chi connectivity index (χ1v) is 8.83. The van der Waals surface area contributed by atoms with Crippen molar-refractivity contribution < 1.29 is 19.1 Å². The molecule has 0 amide bonds. The maximum Gasteiger partial charge on any atom is 0.308 e. The normalized spacial score (nSPS) is 14.5. The summed E-state index contributed by atoms with van der Waals surface area (Å²) in [6.45, 7) is 6.03. The number of carbonyl (C=O) groups is 2. The van der Waals surface area contributed by atoms with Crippen LogP contribution in [0.25, 0.3) is 17.0 Å². The summed E-state index contributed by atoms with van der Waals surface area (Å²) in [6, 6.07) is 11.3. The van der Waals surface area contributed by atoms with Crippen molar-refractivity contribution in [3.8, 4) is 11.5 Å². The highest BCUT2D eigenvalue weighted by atomic mass is 16.5. The van der Waals surface area contributed by atoms with Crippen molar-refractivity contribution in [1.82, 2.24) is 4.57 Å². The second kappa shape index (κ2) is 6.43. The van der Waals surface area contributed by atoms with E-state index in [0.717, 1.165) is 23.0 Å². The highest BCUT2D eigenvalue weighted by Crippen LogP contribution is 2.39. The van der Waals surface area contributed by atoms with E-state index in [1.807, 2.05) is 24.4 Å². The van der Waals surface area contributed by atoms with E-state index in [0.29, 0.717) is 22.6 Å². The van der Waals surface area contributed by atoms with Crippen molar-refractivity contribution >= 4 is 28.7 Å². The van der Waals surface area contributed by atoms with Gasteiger partial charge >= 0.3 is 5.97 Å². The fourth-order valence-corrected chi connectivity index (χ4v) is 3.43. The van der Waals surface area contributed by atoms with Gasteiger partial charge in [-0.25, -0.2) is 0 Å². The van der Waals surface area contributed by atoms with E-state index in [1.54, 1.807) is 25.1 Å². The van der Waals surface area contributed by atoms with Crippen LogP contribution in [0, 0.1) is 6.92 Å². The molecule has 5 heteroatoms. The minimum absolute atomic E-state index is 0.171. The topological polar surface area (TPSA) is 57.5 Å². The SMILES string of the molecule is CCn1cc(/C=C2/Oc3c(ccc(OC(C)=O)c3C)C2=O)c2ccccc21. The molecule has 0 atom stereocenters. The quantitative estimate of drug-likeness (QED) is 0.391. The molecule has 1 aliphatic rings. The maximum absolute atomic E-state index is 12.8. The molecule has 4 rings (SSSR count). The predicted octanol–water partition coefficient (Wildman–Crippen LogP) is 4.51. The summed E-state index contributed by atoms with van der Waals surface area (Å²) in [7, 11) is 0. The number of hydrogen-bond donors (Lipinski definition) is 0. The van der Waals surface area contributed by atoms with E-state index >= 15 is 0 Å². The van der Waals surface area contributed by atoms with Crippen LogP contribution >= 0.6 is 0 Å². The van der Waals surface area contributed by atoms with Gasteiger partial charge in [0.1, 0.15) is 11.5 Å². The van der Waals surface area contributed by atoms with Crippen molar-refractivity contribution in [3.05, 3.63) is 65.0 Å². The summed E-state index contributed by atoms with van der Waals surface area (Å²) in [5, 5.41) is 1.07. The van der Waals surface area contributed by atoms with Crippen LogP contribution in [0.15, 0.2) is 48.4 Å². The van der Waals surface area contributed by atoms with E-state index in [9.17, 15) is 9.59 Å². The number of aryl methyl sites for hydroxylation is 1. The molecular weight excluding hydrogens is 342 g/mol. The van der Waals surface area contributed by atoms with Crippen LogP contribution in [0.3, 0.4) is 0 Å². The van der Waals surface area contributed by atoms with Gasteiger partial charge in [-0.1, -0.05) is 18.2 Å². The number of nitrogens with zero attached hydrogens (tertiary/aromatic N) is 1. The van der Waals surface area contributed by atoms with Gasteiger partial charge in [0.05, 0.1) is 5.56 Å². The van der Waals surface area contributed by atoms with Crippen molar-refractivity contribution in [2.75, 3.05) is 0 Å². The number of carbonyl (C=O) groups excluding carboxylic acids is 2. The van der Waals surface area contributed by atoms with Crippen molar-refractivity contribution in [2.45, 2.75) is 27.3 Å². The number of hydrogen-bond acceptors (Lipinski definition) is 4. The summed E-state index contributed by atoms with van der Waals surface area (Å²) in [6.07, 6.45) is 3.80. The zero-order chi connectivity index (χ0) is 19.1. The second-order valence-corrected chi connectivity index (χ2v) is 6.49. The molecule has 0 unspecified atom stereocenters. The molecule has 27 heavy (non-hydrogen) atoms. The van der Waals surface area contributed by atoms with Gasteiger partial charge in [-0.05, 0) is 38.1 Å². The minimum Gasteiger partial charge on any atom is -0.452 e. The van der Waals surface area contributed by atoms with Gasteiger partial charge in [-0.2, -0.15) is 0 Å². The second-order valence-electron chi connectivity index (χ2n) is 6.49. The van der Waals surface area contributed by atoms with Crippen LogP contribution < -0.4 is 9.47 Å². The van der Waals surface area contributed by atoms with E-state index in [-0.39, 0.29) is 11.5 Å². The summed E-state index contributed by atoms with van der Waals surface area (Å²) in [5.74, 6) is 0.538. The minimum atomic E-state index is -0.412. The Hall–Kier alpha value is -3.34. The summed E-state index contributed by atoms with van der Waals surface area (Å²) < 4.78 is 13.2. The lowest BCUT2D eigenvalue weighted by Gasteiger charge is -2.08. The molecule has 0 radical (unpaired) electrons. The van der Waals surface area contributed by atoms with Crippen LogP contribution in [0.2, 0.25) is 0 Å². The number of Topliss-reactive ketones (excluding diaryl/α,β-unsaturated/α-hetero) is 1. The van der Waals surface area contributed by atoms with Gasteiger partial charge in [0.25, 0.3) is 0 Å². The predicted molar refractivity (Wildman–Crippen MR) is 103 cm³/mol. The molecule has 0 saturated heterocycles. The van der Waals surface area contributed by atoms with Crippen LogP contribution in [0.4, 0.5) is 0 Å². The third-order valence-corrected chi connectivity index (χ3v) is 4.74. The third-order valence-electron chi connectivity index (χ3n) is 4.74. The number of allylic oxidation sites excluding steroid dienone is 1. The Balaban J connectivity index is 1.77. The average molecular weight is 361 g/mol. The zero-order valence-corrected chi connectivity index (χ0v) is 15.4. The first kappa shape index (κ1) is 17.1. The third kappa shape index (κ3) is 2.81. The van der Waals surface area contributed by atoms with E-state index in [4.69, 9.17) is 9.47 Å². The number of aromatic nitrogens is 1. The van der Waals surface area contributed by atoms with Crippen LogP contribution in [0.1, 0.15) is 35.3 Å². The Kier molecular flexibility index (Phi) is 4.07. The largest absolute Gasteiger partial charge is 0.452 e.